The van der Waals surface area contributed by atoms with Crippen LogP contribution in [0.4, 0.5) is 16.0 Å². The summed E-state index contributed by atoms with van der Waals surface area (Å²) in [7, 11) is 1.52. The van der Waals surface area contributed by atoms with E-state index in [2.05, 4.69) is 15.3 Å². The molecule has 1 saturated heterocycles. The first kappa shape index (κ1) is 23.2. The van der Waals surface area contributed by atoms with Gasteiger partial charge >= 0.3 is 0 Å². The molecule has 8 nitrogen and oxygen atoms in total. The lowest BCUT2D eigenvalue weighted by atomic mass is 9.83. The predicted octanol–water partition coefficient (Wildman–Crippen LogP) is 2.76. The van der Waals surface area contributed by atoms with Gasteiger partial charge in [0.05, 0.1) is 18.4 Å². The van der Waals surface area contributed by atoms with Crippen LogP contribution in [0.5, 0.6) is 5.75 Å². The maximum atomic E-state index is 14.5. The third-order valence-electron chi connectivity index (χ3n) is 6.65. The number of amides is 1. The molecule has 1 atom stereocenters. The summed E-state index contributed by atoms with van der Waals surface area (Å²) in [5, 5.41) is 13.1. The van der Waals surface area contributed by atoms with Crippen molar-refractivity contribution in [1.29, 1.82) is 0 Å². The van der Waals surface area contributed by atoms with Gasteiger partial charge in [0.25, 0.3) is 5.91 Å². The van der Waals surface area contributed by atoms with E-state index in [1.807, 2.05) is 23.6 Å². The maximum Gasteiger partial charge on any atom is 0.270 e. The monoisotopic (exact) mass is 457 g/mol. The van der Waals surface area contributed by atoms with Crippen molar-refractivity contribution in [2.24, 2.45) is 0 Å². The molecule has 1 aliphatic heterocycles. The molecule has 1 aromatic heterocycles. The highest BCUT2D eigenvalue weighted by Gasteiger charge is 2.30. The van der Waals surface area contributed by atoms with Crippen molar-refractivity contribution < 1.29 is 19.0 Å². The highest BCUT2D eigenvalue weighted by molar-refractivity contribution is 5.92. The number of nitrogens with zero attached hydrogens (tertiary/aromatic N) is 4. The van der Waals surface area contributed by atoms with Crippen molar-refractivity contribution in [3.8, 4) is 5.75 Å². The van der Waals surface area contributed by atoms with Crippen LogP contribution in [-0.2, 0) is 0 Å². The van der Waals surface area contributed by atoms with Crippen LogP contribution in [0.15, 0.2) is 30.5 Å². The number of hydrogen-bond acceptors (Lipinski definition) is 7. The highest BCUT2D eigenvalue weighted by atomic mass is 19.1. The summed E-state index contributed by atoms with van der Waals surface area (Å²) in [5.41, 5.74) is 0.229. The molecule has 1 amide bonds. The molecule has 1 aliphatic carbocycles. The van der Waals surface area contributed by atoms with Crippen molar-refractivity contribution in [3.05, 3.63) is 42.0 Å². The van der Waals surface area contributed by atoms with Crippen LogP contribution in [0, 0.1) is 5.82 Å². The minimum absolute atomic E-state index is 0.0270. The van der Waals surface area contributed by atoms with Gasteiger partial charge in [-0.1, -0.05) is 0 Å². The van der Waals surface area contributed by atoms with E-state index in [4.69, 9.17) is 4.74 Å². The maximum absolute atomic E-state index is 14.5. The number of carbonyl (C=O) groups is 1. The number of aromatic nitrogens is 2. The summed E-state index contributed by atoms with van der Waals surface area (Å²) in [4.78, 5) is 25.7. The molecule has 178 valence electrons. The summed E-state index contributed by atoms with van der Waals surface area (Å²) in [5.74, 6) is 0.451. The molecule has 0 bridgehead atoms. The fourth-order valence-corrected chi connectivity index (χ4v) is 4.60. The molecule has 2 fully saturated rings. The summed E-state index contributed by atoms with van der Waals surface area (Å²) in [6, 6.07) is 6.57. The summed E-state index contributed by atoms with van der Waals surface area (Å²) in [6.45, 7) is 5.69. The van der Waals surface area contributed by atoms with Crippen molar-refractivity contribution in [3.63, 3.8) is 0 Å². The van der Waals surface area contributed by atoms with E-state index in [1.54, 1.807) is 24.4 Å². The summed E-state index contributed by atoms with van der Waals surface area (Å²) >= 11 is 0. The van der Waals surface area contributed by atoms with Crippen LogP contribution in [0.3, 0.4) is 0 Å². The molecule has 4 rings (SSSR count). The number of halogens is 1. The number of hydrogen-bond donors (Lipinski definition) is 2. The number of nitrogens with one attached hydrogen (secondary N) is 1. The van der Waals surface area contributed by atoms with Crippen molar-refractivity contribution in [2.75, 3.05) is 36.5 Å². The average molecular weight is 458 g/mol. The minimum Gasteiger partial charge on any atom is -0.497 e. The molecule has 33 heavy (non-hydrogen) atoms. The number of carbonyl (C=O) groups excluding carboxylic acids is 1. The molecule has 1 aromatic carbocycles. The number of benzene rings is 1. The Bertz CT molecular complexity index is 992. The molecular formula is C24H32FN5O3. The van der Waals surface area contributed by atoms with Gasteiger partial charge in [-0.2, -0.15) is 0 Å². The molecule has 2 N–H and O–H groups in total. The zero-order valence-electron chi connectivity index (χ0n) is 19.4. The molecule has 0 spiro atoms. The molecule has 2 heterocycles. The van der Waals surface area contributed by atoms with Crippen LogP contribution in [0.2, 0.25) is 0 Å². The van der Waals surface area contributed by atoms with Crippen LogP contribution in [-0.4, -0.2) is 65.4 Å². The van der Waals surface area contributed by atoms with E-state index in [0.717, 1.165) is 12.8 Å². The lowest BCUT2D eigenvalue weighted by Gasteiger charge is -2.41. The number of rotatable bonds is 5. The number of piperazine rings is 1. The topological polar surface area (TPSA) is 90.8 Å². The van der Waals surface area contributed by atoms with Crippen molar-refractivity contribution >= 4 is 17.5 Å². The lowest BCUT2D eigenvalue weighted by Crippen LogP contribution is -2.53. The van der Waals surface area contributed by atoms with Crippen LogP contribution in [0.1, 0.15) is 50.0 Å². The third kappa shape index (κ3) is 5.35. The quantitative estimate of drug-likeness (QED) is 0.713. The minimum atomic E-state index is -0.643. The van der Waals surface area contributed by atoms with E-state index in [0.29, 0.717) is 55.6 Å². The lowest BCUT2D eigenvalue weighted by molar-refractivity contribution is 0.0140. The Balaban J connectivity index is 1.40. The van der Waals surface area contributed by atoms with Gasteiger partial charge in [0.1, 0.15) is 17.3 Å². The molecule has 0 unspecified atom stereocenters. The van der Waals surface area contributed by atoms with E-state index >= 15 is 0 Å². The summed E-state index contributed by atoms with van der Waals surface area (Å²) in [6.07, 6.45) is 4.44. The van der Waals surface area contributed by atoms with Gasteiger partial charge in [-0.25, -0.2) is 14.4 Å². The SMILES string of the molecule is COc1ccc(N2CCN(c3nccc(C(=O)NC4CCC(C)(O)CC4)n3)[C@H](C)C2)c(F)c1. The zero-order valence-corrected chi connectivity index (χ0v) is 19.4. The fourth-order valence-electron chi connectivity index (χ4n) is 4.60. The van der Waals surface area contributed by atoms with Crippen LogP contribution < -0.4 is 19.9 Å². The first-order chi connectivity index (χ1) is 15.8. The van der Waals surface area contributed by atoms with Gasteiger partial charge in [0, 0.05) is 44.0 Å². The Hall–Kier alpha value is -2.94. The number of anilines is 2. The zero-order chi connectivity index (χ0) is 23.6. The number of methoxy groups -OCH3 is 1. The second-order valence-corrected chi connectivity index (χ2v) is 9.29. The normalized spacial score (nSPS) is 25.6. The smallest absolute Gasteiger partial charge is 0.270 e. The Morgan fingerprint density at radius 2 is 2.03 bits per heavy atom. The molecular weight excluding hydrogens is 425 g/mol. The van der Waals surface area contributed by atoms with E-state index in [9.17, 15) is 14.3 Å². The molecule has 2 aromatic rings. The van der Waals surface area contributed by atoms with Crippen molar-refractivity contribution in [1.82, 2.24) is 15.3 Å². The second-order valence-electron chi connectivity index (χ2n) is 9.29. The molecule has 1 saturated carbocycles. The summed E-state index contributed by atoms with van der Waals surface area (Å²) < 4.78 is 19.6. The Morgan fingerprint density at radius 3 is 2.70 bits per heavy atom. The second kappa shape index (κ2) is 9.51. The van der Waals surface area contributed by atoms with Crippen LogP contribution >= 0.6 is 0 Å². The van der Waals surface area contributed by atoms with E-state index < -0.39 is 5.60 Å². The van der Waals surface area contributed by atoms with E-state index in [-0.39, 0.29) is 23.8 Å². The standard InChI is InChI=1S/C24H32FN5O3/c1-16-15-29(21-5-4-18(33-3)14-19(21)25)12-13-30(16)23-26-11-8-20(28-23)22(31)27-17-6-9-24(2,32)10-7-17/h4-5,8,11,14,16-17,32H,6-7,9-10,12-13,15H2,1-3H3,(H,27,31)/t16-,17?,24?/m1/s1. The third-order valence-corrected chi connectivity index (χ3v) is 6.65. The van der Waals surface area contributed by atoms with Gasteiger partial charge in [0.15, 0.2) is 0 Å². The Labute approximate surface area is 193 Å². The average Bonchev–Trinajstić information content (AvgIpc) is 2.80. The van der Waals surface area contributed by atoms with Gasteiger partial charge in [-0.05, 0) is 57.7 Å². The van der Waals surface area contributed by atoms with Gasteiger partial charge in [-0.15, -0.1) is 0 Å². The van der Waals surface area contributed by atoms with Crippen molar-refractivity contribution in [2.45, 2.75) is 57.2 Å². The predicted molar refractivity (Wildman–Crippen MR) is 124 cm³/mol. The number of ether oxygens (including phenoxy) is 1. The Kier molecular flexibility index (Phi) is 6.69. The van der Waals surface area contributed by atoms with Gasteiger partial charge in [0.2, 0.25) is 5.95 Å². The van der Waals surface area contributed by atoms with Crippen LogP contribution in [0.25, 0.3) is 0 Å². The first-order valence-electron chi connectivity index (χ1n) is 11.5. The first-order valence-corrected chi connectivity index (χ1v) is 11.5. The number of aliphatic hydroxyl groups is 1. The highest BCUT2D eigenvalue weighted by Crippen LogP contribution is 2.29. The fraction of sp³-hybridized carbons (Fsp3) is 0.542. The van der Waals surface area contributed by atoms with Gasteiger partial charge in [-0.3, -0.25) is 4.79 Å². The molecule has 9 heteroatoms. The largest absolute Gasteiger partial charge is 0.497 e. The van der Waals surface area contributed by atoms with E-state index in [1.165, 1.54) is 13.2 Å². The van der Waals surface area contributed by atoms with Gasteiger partial charge < -0.3 is 25.0 Å². The molecule has 2 aliphatic rings. The molecule has 0 radical (unpaired) electrons. The Morgan fingerprint density at radius 1 is 1.27 bits per heavy atom.